The van der Waals surface area contributed by atoms with Crippen LogP contribution in [0.4, 0.5) is 24.7 Å². The smallest absolute Gasteiger partial charge is 0.384 e. The molecule has 0 saturated heterocycles. The molecule has 6 rings (SSSR count). The fourth-order valence-electron chi connectivity index (χ4n) is 4.71. The predicted octanol–water partition coefficient (Wildman–Crippen LogP) is 5.02. The zero-order valence-electron chi connectivity index (χ0n) is 21.8. The number of hydrogen-bond donors (Lipinski definition) is 3. The van der Waals surface area contributed by atoms with Crippen molar-refractivity contribution in [3.05, 3.63) is 102 Å². The molecule has 42 heavy (non-hydrogen) atoms. The summed E-state index contributed by atoms with van der Waals surface area (Å²) >= 11 is 0. The highest BCUT2D eigenvalue weighted by Crippen LogP contribution is 2.34. The number of carbonyl (C=O) groups excluding carboxylic acids is 2. The molecule has 0 aliphatic rings. The molecule has 10 nitrogen and oxygen atoms in total. The Morgan fingerprint density at radius 3 is 2.33 bits per heavy atom. The first-order chi connectivity index (χ1) is 20.0. The van der Waals surface area contributed by atoms with E-state index in [-0.39, 0.29) is 39.5 Å². The average Bonchev–Trinajstić information content (AvgIpc) is 3.51. The summed E-state index contributed by atoms with van der Waals surface area (Å²) < 4.78 is 44.0. The van der Waals surface area contributed by atoms with E-state index in [0.29, 0.717) is 22.4 Å². The Bertz CT molecular complexity index is 2040. The third-order valence-corrected chi connectivity index (χ3v) is 6.62. The molecule has 0 bridgehead atoms. The largest absolute Gasteiger partial charge is 0.416 e. The van der Waals surface area contributed by atoms with E-state index < -0.39 is 23.6 Å². The topological polar surface area (TPSA) is 147 Å². The van der Waals surface area contributed by atoms with E-state index in [1.165, 1.54) is 33.7 Å². The second-order valence-corrected chi connectivity index (χ2v) is 9.54. The number of nitrogens with zero attached hydrogens (tertiary/aromatic N) is 5. The lowest BCUT2D eigenvalue weighted by Crippen LogP contribution is -2.15. The lowest BCUT2D eigenvalue weighted by molar-refractivity contribution is -0.137. The molecule has 210 valence electrons. The molecule has 13 heteroatoms. The van der Waals surface area contributed by atoms with E-state index >= 15 is 0 Å². The Morgan fingerprint density at radius 2 is 1.67 bits per heavy atom. The van der Waals surface area contributed by atoms with Crippen molar-refractivity contribution in [1.82, 2.24) is 24.1 Å². The summed E-state index contributed by atoms with van der Waals surface area (Å²) in [5, 5.41) is 2.55. The van der Waals surface area contributed by atoms with Crippen LogP contribution in [0.3, 0.4) is 0 Å². The Balaban J connectivity index is 1.41. The van der Waals surface area contributed by atoms with Crippen LogP contribution in [0.15, 0.2) is 79.3 Å². The molecule has 0 fully saturated rings. The minimum Gasteiger partial charge on any atom is -0.384 e. The molecule has 0 atom stereocenters. The normalized spacial score (nSPS) is 11.7. The number of imidazole rings is 1. The molecular weight excluding hydrogens is 549 g/mol. The van der Waals surface area contributed by atoms with Crippen molar-refractivity contribution in [2.45, 2.75) is 13.1 Å². The van der Waals surface area contributed by atoms with Crippen molar-refractivity contribution < 1.29 is 22.8 Å². The maximum atomic E-state index is 13.7. The van der Waals surface area contributed by atoms with E-state index in [1.807, 2.05) is 0 Å². The second kappa shape index (κ2) is 9.73. The van der Waals surface area contributed by atoms with Gasteiger partial charge in [-0.3, -0.25) is 14.2 Å². The molecule has 0 unspecified atom stereocenters. The molecule has 0 saturated carbocycles. The van der Waals surface area contributed by atoms with Crippen molar-refractivity contribution in [2.24, 2.45) is 5.73 Å². The number of alkyl halides is 3. The van der Waals surface area contributed by atoms with Gasteiger partial charge < -0.3 is 21.4 Å². The number of amides is 2. The van der Waals surface area contributed by atoms with Crippen LogP contribution in [0.5, 0.6) is 0 Å². The van der Waals surface area contributed by atoms with Crippen LogP contribution in [0.25, 0.3) is 33.6 Å². The van der Waals surface area contributed by atoms with Gasteiger partial charge in [-0.25, -0.2) is 15.0 Å². The third-order valence-electron chi connectivity index (χ3n) is 6.62. The number of aryl methyl sites for hydroxylation is 1. The van der Waals surface area contributed by atoms with Gasteiger partial charge in [0.2, 0.25) is 0 Å². The number of carbonyl (C=O) groups is 2. The third kappa shape index (κ3) is 4.66. The number of hydrogen-bond acceptors (Lipinski definition) is 6. The molecule has 6 aromatic rings. The number of halogens is 3. The number of aromatic nitrogens is 5. The van der Waals surface area contributed by atoms with Gasteiger partial charge in [-0.2, -0.15) is 13.2 Å². The summed E-state index contributed by atoms with van der Waals surface area (Å²) in [4.78, 5) is 38.9. The molecule has 0 radical (unpaired) electrons. The zero-order valence-corrected chi connectivity index (χ0v) is 21.8. The molecule has 0 spiro atoms. The van der Waals surface area contributed by atoms with Crippen LogP contribution >= 0.6 is 0 Å². The zero-order chi connectivity index (χ0) is 29.8. The fraction of sp³-hybridized carbons (Fsp3) is 0.0690. The monoisotopic (exact) mass is 570 g/mol. The summed E-state index contributed by atoms with van der Waals surface area (Å²) in [7, 11) is 0. The van der Waals surface area contributed by atoms with Crippen LogP contribution < -0.4 is 16.8 Å². The molecule has 5 N–H and O–H groups in total. The van der Waals surface area contributed by atoms with Gasteiger partial charge in [-0.1, -0.05) is 18.2 Å². The maximum absolute atomic E-state index is 13.7. The van der Waals surface area contributed by atoms with Crippen LogP contribution in [0.2, 0.25) is 0 Å². The van der Waals surface area contributed by atoms with Crippen molar-refractivity contribution in [1.29, 1.82) is 0 Å². The van der Waals surface area contributed by atoms with Crippen LogP contribution in [0.1, 0.15) is 32.0 Å². The SMILES string of the molecule is Cc1cn(-c2cc(NC(=O)c3cccc(-n4c(N)c(C(N)=O)c5nc6ccccc6nc54)c3)cc(C(F)(F)F)c2)cn1. The molecule has 3 aromatic heterocycles. The number of fused-ring (bicyclic) bond motifs is 2. The lowest BCUT2D eigenvalue weighted by atomic mass is 10.1. The molecule has 2 amide bonds. The van der Waals surface area contributed by atoms with Crippen molar-refractivity contribution >= 4 is 45.5 Å². The average molecular weight is 571 g/mol. The quantitative estimate of drug-likeness (QED) is 0.265. The number of nitrogen functional groups attached to an aromatic ring is 1. The summed E-state index contributed by atoms with van der Waals surface area (Å²) in [6.45, 7) is 1.71. The number of nitrogens with two attached hydrogens (primary N) is 2. The first-order valence-corrected chi connectivity index (χ1v) is 12.5. The van der Waals surface area contributed by atoms with Gasteiger partial charge in [-0.05, 0) is 55.5 Å². The molecule has 3 aromatic carbocycles. The number of anilines is 2. The van der Waals surface area contributed by atoms with Crippen LogP contribution in [-0.4, -0.2) is 35.9 Å². The Morgan fingerprint density at radius 1 is 0.929 bits per heavy atom. The van der Waals surface area contributed by atoms with E-state index in [1.54, 1.807) is 49.5 Å². The maximum Gasteiger partial charge on any atom is 0.416 e. The number of para-hydroxylation sites is 2. The minimum absolute atomic E-state index is 0.0238. The van der Waals surface area contributed by atoms with Gasteiger partial charge in [0.05, 0.1) is 28.6 Å². The standard InChI is InChI=1S/C29H21F3N8O2/c1-15-13-39(14-35-15)20-11-17(29(30,31)32)10-18(12-20)36-28(42)16-5-4-6-19(9-16)40-25(33)23(26(34)41)24-27(40)38-22-8-3-2-7-21(22)37-24/h2-14H,33H2,1H3,(H2,34,41)(H,36,42). The minimum atomic E-state index is -4.65. The first-order valence-electron chi connectivity index (χ1n) is 12.5. The van der Waals surface area contributed by atoms with Crippen LogP contribution in [0, 0.1) is 6.92 Å². The van der Waals surface area contributed by atoms with E-state index in [4.69, 9.17) is 11.5 Å². The summed E-state index contributed by atoms with van der Waals surface area (Å²) in [6, 6.07) is 16.4. The number of nitrogens with one attached hydrogen (secondary N) is 1. The fourth-order valence-corrected chi connectivity index (χ4v) is 4.71. The summed E-state index contributed by atoms with van der Waals surface area (Å²) in [6.07, 6.45) is -1.69. The molecule has 3 heterocycles. The number of rotatable bonds is 5. The van der Waals surface area contributed by atoms with Crippen molar-refractivity contribution in [3.8, 4) is 11.4 Å². The highest BCUT2D eigenvalue weighted by atomic mass is 19.4. The first kappa shape index (κ1) is 26.5. The Labute approximate surface area is 235 Å². The van der Waals surface area contributed by atoms with Gasteiger partial charge >= 0.3 is 6.18 Å². The molecule has 0 aliphatic carbocycles. The van der Waals surface area contributed by atoms with Gasteiger partial charge in [-0.15, -0.1) is 0 Å². The van der Waals surface area contributed by atoms with Crippen molar-refractivity contribution in [3.63, 3.8) is 0 Å². The Hall–Kier alpha value is -5.72. The molecule has 0 aliphatic heterocycles. The summed E-state index contributed by atoms with van der Waals surface area (Å²) in [5.41, 5.74) is 13.7. The lowest BCUT2D eigenvalue weighted by Gasteiger charge is -2.14. The highest BCUT2D eigenvalue weighted by Gasteiger charge is 2.32. The summed E-state index contributed by atoms with van der Waals surface area (Å²) in [5.74, 6) is -1.50. The van der Waals surface area contributed by atoms with E-state index in [2.05, 4.69) is 20.3 Å². The van der Waals surface area contributed by atoms with Gasteiger partial charge in [0.25, 0.3) is 11.8 Å². The Kier molecular flexibility index (Phi) is 6.14. The highest BCUT2D eigenvalue weighted by molar-refractivity contribution is 6.11. The van der Waals surface area contributed by atoms with Crippen LogP contribution in [-0.2, 0) is 6.18 Å². The number of benzene rings is 3. The van der Waals surface area contributed by atoms with Crippen molar-refractivity contribution in [2.75, 3.05) is 11.1 Å². The van der Waals surface area contributed by atoms with Gasteiger partial charge in [0, 0.05) is 28.8 Å². The predicted molar refractivity (Wildman–Crippen MR) is 151 cm³/mol. The van der Waals surface area contributed by atoms with E-state index in [0.717, 1.165) is 12.1 Å². The number of primary amides is 1. The van der Waals surface area contributed by atoms with E-state index in [9.17, 15) is 22.8 Å². The molecular formula is C29H21F3N8O2. The van der Waals surface area contributed by atoms with Gasteiger partial charge in [0.1, 0.15) is 16.9 Å². The van der Waals surface area contributed by atoms with Gasteiger partial charge in [0.15, 0.2) is 5.65 Å². The second-order valence-electron chi connectivity index (χ2n) is 9.54.